The molecule has 8 heteroatoms. The van der Waals surface area contributed by atoms with Gasteiger partial charge in [-0.05, 0) is 11.2 Å². The fourth-order valence-corrected chi connectivity index (χ4v) is 1.70. The maximum absolute atomic E-state index is 10.6. The molecule has 0 aromatic carbocycles. The fraction of sp³-hybridized carbons (Fsp3) is 0.111. The molecule has 2 aromatic rings. The molecule has 0 amide bonds. The minimum atomic E-state index is -4.09. The molecule has 0 aliphatic heterocycles. The van der Waals surface area contributed by atoms with Gasteiger partial charge in [-0.25, -0.2) is 9.97 Å². The van der Waals surface area contributed by atoms with E-state index in [0.29, 0.717) is 11.4 Å². The SMILES string of the molecule is O=S(=O)(O)C[n+]1ccc(-c2ncccn2)cn1. The molecule has 1 N–H and O–H groups in total. The minimum Gasteiger partial charge on any atom is -0.281 e. The van der Waals surface area contributed by atoms with Crippen LogP contribution in [-0.4, -0.2) is 28.0 Å². The van der Waals surface area contributed by atoms with Crippen molar-refractivity contribution in [2.75, 3.05) is 0 Å². The zero-order chi connectivity index (χ0) is 12.3. The van der Waals surface area contributed by atoms with Crippen molar-refractivity contribution in [2.24, 2.45) is 0 Å². The van der Waals surface area contributed by atoms with Crippen molar-refractivity contribution < 1.29 is 17.7 Å². The normalized spacial score (nSPS) is 11.4. The molecule has 0 fully saturated rings. The second-order valence-corrected chi connectivity index (χ2v) is 4.66. The van der Waals surface area contributed by atoms with Crippen LogP contribution in [0.5, 0.6) is 0 Å². The lowest BCUT2D eigenvalue weighted by atomic mass is 10.3. The lowest BCUT2D eigenvalue weighted by molar-refractivity contribution is -0.736. The average molecular weight is 253 g/mol. The van der Waals surface area contributed by atoms with E-state index in [0.717, 1.165) is 4.68 Å². The summed E-state index contributed by atoms with van der Waals surface area (Å²) >= 11 is 0. The van der Waals surface area contributed by atoms with Crippen molar-refractivity contribution in [1.82, 2.24) is 15.1 Å². The number of hydrogen-bond acceptors (Lipinski definition) is 5. The first-order valence-electron chi connectivity index (χ1n) is 4.63. The van der Waals surface area contributed by atoms with E-state index in [1.54, 1.807) is 24.5 Å². The van der Waals surface area contributed by atoms with Crippen LogP contribution < -0.4 is 4.68 Å². The van der Waals surface area contributed by atoms with Crippen LogP contribution in [0.3, 0.4) is 0 Å². The molecule has 0 saturated heterocycles. The largest absolute Gasteiger partial charge is 0.329 e. The van der Waals surface area contributed by atoms with Gasteiger partial charge in [0.05, 0.1) is 0 Å². The minimum absolute atomic E-state index is 0.499. The molecular formula is C9H9N4O3S+. The number of rotatable bonds is 3. The third-order valence-corrected chi connectivity index (χ3v) is 2.48. The molecule has 0 aliphatic carbocycles. The number of hydrogen-bond donors (Lipinski definition) is 1. The van der Waals surface area contributed by atoms with Gasteiger partial charge in [-0.2, -0.15) is 8.42 Å². The van der Waals surface area contributed by atoms with Gasteiger partial charge in [-0.3, -0.25) is 4.55 Å². The first-order valence-corrected chi connectivity index (χ1v) is 6.24. The quantitative estimate of drug-likeness (QED) is 0.594. The molecule has 2 heterocycles. The van der Waals surface area contributed by atoms with E-state index in [1.165, 1.54) is 12.4 Å². The van der Waals surface area contributed by atoms with E-state index in [9.17, 15) is 8.42 Å². The van der Waals surface area contributed by atoms with E-state index >= 15 is 0 Å². The molecular weight excluding hydrogens is 244 g/mol. The van der Waals surface area contributed by atoms with Crippen molar-refractivity contribution in [1.29, 1.82) is 0 Å². The van der Waals surface area contributed by atoms with Gasteiger partial charge in [0.15, 0.2) is 12.0 Å². The predicted molar refractivity (Wildman–Crippen MR) is 57.0 cm³/mol. The van der Waals surface area contributed by atoms with Crippen LogP contribution in [0.15, 0.2) is 36.9 Å². The summed E-state index contributed by atoms with van der Waals surface area (Å²) in [6.45, 7) is 0. The molecule has 0 saturated carbocycles. The maximum Gasteiger partial charge on any atom is 0.329 e. The smallest absolute Gasteiger partial charge is 0.281 e. The Balaban J connectivity index is 2.25. The first kappa shape index (κ1) is 11.6. The van der Waals surface area contributed by atoms with Crippen molar-refractivity contribution in [2.45, 2.75) is 5.88 Å². The predicted octanol–water partition coefficient (Wildman–Crippen LogP) is -0.329. The summed E-state index contributed by atoms with van der Waals surface area (Å²) in [6.07, 6.45) is 6.06. The lowest BCUT2D eigenvalue weighted by Crippen LogP contribution is -2.40. The van der Waals surface area contributed by atoms with Crippen LogP contribution >= 0.6 is 0 Å². The highest BCUT2D eigenvalue weighted by Crippen LogP contribution is 2.09. The van der Waals surface area contributed by atoms with Gasteiger partial charge in [0.2, 0.25) is 0 Å². The second-order valence-electron chi connectivity index (χ2n) is 3.24. The summed E-state index contributed by atoms with van der Waals surface area (Å²) in [5, 5.41) is 3.84. The molecule has 0 radical (unpaired) electrons. The fourth-order valence-electron chi connectivity index (χ4n) is 1.21. The summed E-state index contributed by atoms with van der Waals surface area (Å²) in [4.78, 5) is 8.05. The monoisotopic (exact) mass is 253 g/mol. The molecule has 88 valence electrons. The summed E-state index contributed by atoms with van der Waals surface area (Å²) < 4.78 is 31.0. The van der Waals surface area contributed by atoms with E-state index in [1.807, 2.05) is 0 Å². The molecule has 2 aromatic heterocycles. The molecule has 0 aliphatic rings. The van der Waals surface area contributed by atoms with Crippen LogP contribution in [0, 0.1) is 0 Å². The summed E-state index contributed by atoms with van der Waals surface area (Å²) in [6, 6.07) is 3.31. The van der Waals surface area contributed by atoms with Crippen LogP contribution in [0.4, 0.5) is 0 Å². The van der Waals surface area contributed by atoms with Gasteiger partial charge in [-0.1, -0.05) is 4.68 Å². The van der Waals surface area contributed by atoms with Crippen molar-refractivity contribution in [3.8, 4) is 11.4 Å². The zero-order valence-corrected chi connectivity index (χ0v) is 9.45. The highest BCUT2D eigenvalue weighted by atomic mass is 32.2. The van der Waals surface area contributed by atoms with E-state index < -0.39 is 16.0 Å². The van der Waals surface area contributed by atoms with E-state index in [4.69, 9.17) is 4.55 Å². The Morgan fingerprint density at radius 3 is 2.53 bits per heavy atom. The zero-order valence-electron chi connectivity index (χ0n) is 8.63. The Hall–Kier alpha value is -1.93. The maximum atomic E-state index is 10.6. The van der Waals surface area contributed by atoms with Gasteiger partial charge < -0.3 is 0 Å². The number of nitrogens with zero attached hydrogens (tertiary/aromatic N) is 4. The van der Waals surface area contributed by atoms with Gasteiger partial charge in [0.1, 0.15) is 6.20 Å². The number of aromatic nitrogens is 4. The van der Waals surface area contributed by atoms with Crippen LogP contribution in [-0.2, 0) is 16.0 Å². The molecule has 2 rings (SSSR count). The third-order valence-electron chi connectivity index (χ3n) is 1.89. The Labute approximate surface area is 97.5 Å². The Morgan fingerprint density at radius 2 is 2.00 bits per heavy atom. The molecule has 0 atom stereocenters. The third kappa shape index (κ3) is 3.26. The first-order chi connectivity index (χ1) is 8.04. The molecule has 0 spiro atoms. The van der Waals surface area contributed by atoms with Gasteiger partial charge >= 0.3 is 10.1 Å². The average Bonchev–Trinajstić information content (AvgIpc) is 2.29. The van der Waals surface area contributed by atoms with Crippen molar-refractivity contribution >= 4 is 10.1 Å². The topological polar surface area (TPSA) is 96.9 Å². The molecule has 0 unspecified atom stereocenters. The Kier molecular flexibility index (Phi) is 3.07. The van der Waals surface area contributed by atoms with Gasteiger partial charge in [0.25, 0.3) is 5.88 Å². The molecule has 7 nitrogen and oxygen atoms in total. The molecule has 17 heavy (non-hydrogen) atoms. The van der Waals surface area contributed by atoms with Crippen LogP contribution in [0.1, 0.15) is 0 Å². The summed E-state index contributed by atoms with van der Waals surface area (Å²) in [7, 11) is -4.09. The van der Waals surface area contributed by atoms with E-state index in [2.05, 4.69) is 15.1 Å². The van der Waals surface area contributed by atoms with Gasteiger partial charge in [0, 0.05) is 24.0 Å². The van der Waals surface area contributed by atoms with Crippen molar-refractivity contribution in [3.63, 3.8) is 0 Å². The van der Waals surface area contributed by atoms with E-state index in [-0.39, 0.29) is 0 Å². The Bertz CT molecular complexity index is 598. The van der Waals surface area contributed by atoms with Crippen molar-refractivity contribution in [3.05, 3.63) is 36.9 Å². The van der Waals surface area contributed by atoms with Crippen LogP contribution in [0.2, 0.25) is 0 Å². The lowest BCUT2D eigenvalue weighted by Gasteiger charge is -1.96. The molecule has 0 bridgehead atoms. The Morgan fingerprint density at radius 1 is 1.29 bits per heavy atom. The standard InChI is InChI=1S/C9H8N4O3S/c14-17(15,16)7-13-5-2-8(6-12-13)9-10-3-1-4-11-9/h1-6H,7H2/p+1. The summed E-state index contributed by atoms with van der Waals surface area (Å²) in [5.41, 5.74) is 0.664. The highest BCUT2D eigenvalue weighted by Gasteiger charge is 2.14. The van der Waals surface area contributed by atoms with Gasteiger partial charge in [-0.15, -0.1) is 0 Å². The summed E-state index contributed by atoms with van der Waals surface area (Å²) in [5.74, 6) is -0.0814. The van der Waals surface area contributed by atoms with Crippen LogP contribution in [0.25, 0.3) is 11.4 Å². The highest BCUT2D eigenvalue weighted by molar-refractivity contribution is 7.84. The second kappa shape index (κ2) is 4.52.